The van der Waals surface area contributed by atoms with Gasteiger partial charge in [-0.1, -0.05) is 29.8 Å². The lowest BCUT2D eigenvalue weighted by atomic mass is 9.76. The molecule has 0 bridgehead atoms. The smallest absolute Gasteiger partial charge is 0.206 e. The van der Waals surface area contributed by atoms with Crippen LogP contribution in [0.2, 0.25) is 5.02 Å². The maximum Gasteiger partial charge on any atom is 0.206 e. The van der Waals surface area contributed by atoms with Gasteiger partial charge in [-0.25, -0.2) is 4.99 Å². The maximum atomic E-state index is 9.89. The quantitative estimate of drug-likeness (QED) is 0.861. The van der Waals surface area contributed by atoms with Crippen molar-refractivity contribution in [2.45, 2.75) is 18.6 Å². The Morgan fingerprint density at radius 1 is 1.25 bits per heavy atom. The summed E-state index contributed by atoms with van der Waals surface area (Å²) < 4.78 is 11.0. The molecular formula is C17H17ClN4O2. The van der Waals surface area contributed by atoms with Crippen LogP contribution in [-0.2, 0) is 9.47 Å². The van der Waals surface area contributed by atoms with Crippen LogP contribution in [0.4, 0.5) is 5.82 Å². The number of rotatable bonds is 4. The number of nitriles is 1. The van der Waals surface area contributed by atoms with Gasteiger partial charge in [0.2, 0.25) is 5.79 Å². The Hall–Kier alpha value is -2.20. The first-order chi connectivity index (χ1) is 11.6. The number of H-pyrrole nitrogens is 1. The van der Waals surface area contributed by atoms with E-state index >= 15 is 0 Å². The molecular weight excluding hydrogens is 328 g/mol. The minimum Gasteiger partial charge on any atom is -0.348 e. The van der Waals surface area contributed by atoms with E-state index in [4.69, 9.17) is 21.1 Å². The first-order valence-corrected chi connectivity index (χ1v) is 7.80. The van der Waals surface area contributed by atoms with Gasteiger partial charge in [0.25, 0.3) is 0 Å². The number of hydrogen-bond donors (Lipinski definition) is 1. The van der Waals surface area contributed by atoms with E-state index in [1.54, 1.807) is 13.1 Å². The van der Waals surface area contributed by atoms with Crippen molar-refractivity contribution in [2.75, 3.05) is 14.2 Å². The summed E-state index contributed by atoms with van der Waals surface area (Å²) in [5.74, 6) is -1.45. The van der Waals surface area contributed by atoms with Gasteiger partial charge in [-0.3, -0.25) is 5.10 Å². The third-order valence-corrected chi connectivity index (χ3v) is 4.81. The summed E-state index contributed by atoms with van der Waals surface area (Å²) in [4.78, 5) is 4.56. The number of nitrogens with one attached hydrogen (secondary N) is 1. The van der Waals surface area contributed by atoms with Crippen LogP contribution < -0.4 is 0 Å². The number of ether oxygens (including phenoxy) is 2. The minimum absolute atomic E-state index is 0.311. The average molecular weight is 345 g/mol. The molecule has 2 atom stereocenters. The lowest BCUT2D eigenvalue weighted by Crippen LogP contribution is -2.46. The van der Waals surface area contributed by atoms with Crippen molar-refractivity contribution < 1.29 is 9.47 Å². The second-order valence-corrected chi connectivity index (χ2v) is 6.04. The number of halogens is 1. The van der Waals surface area contributed by atoms with E-state index in [-0.39, 0.29) is 5.92 Å². The number of aromatic amines is 1. The molecule has 0 fully saturated rings. The van der Waals surface area contributed by atoms with Crippen molar-refractivity contribution in [2.24, 2.45) is 10.9 Å². The molecule has 0 aliphatic carbocycles. The molecule has 0 amide bonds. The van der Waals surface area contributed by atoms with E-state index in [1.165, 1.54) is 14.2 Å². The summed E-state index contributed by atoms with van der Waals surface area (Å²) in [5.41, 5.74) is 2.15. The van der Waals surface area contributed by atoms with Gasteiger partial charge in [-0.2, -0.15) is 10.4 Å². The predicted octanol–water partition coefficient (Wildman–Crippen LogP) is 3.43. The molecule has 0 saturated carbocycles. The van der Waals surface area contributed by atoms with E-state index in [9.17, 15) is 5.26 Å². The van der Waals surface area contributed by atoms with Crippen molar-refractivity contribution in [3.63, 3.8) is 0 Å². The molecule has 6 nitrogen and oxygen atoms in total. The highest BCUT2D eigenvalue weighted by atomic mass is 35.5. The van der Waals surface area contributed by atoms with Gasteiger partial charge >= 0.3 is 0 Å². The third kappa shape index (κ3) is 2.51. The predicted molar refractivity (Wildman–Crippen MR) is 90.5 cm³/mol. The van der Waals surface area contributed by atoms with E-state index in [2.05, 4.69) is 21.3 Å². The van der Waals surface area contributed by atoms with Crippen LogP contribution in [0.15, 0.2) is 35.5 Å². The zero-order valence-electron chi connectivity index (χ0n) is 13.6. The highest BCUT2D eigenvalue weighted by Crippen LogP contribution is 2.45. The normalized spacial score (nSPS) is 20.2. The fourth-order valence-electron chi connectivity index (χ4n) is 3.02. The summed E-state index contributed by atoms with van der Waals surface area (Å²) in [6.45, 7) is 1.74. The monoisotopic (exact) mass is 344 g/mol. The van der Waals surface area contributed by atoms with Crippen LogP contribution in [0.25, 0.3) is 0 Å². The molecule has 1 N–H and O–H groups in total. The molecule has 1 aromatic carbocycles. The van der Waals surface area contributed by atoms with E-state index in [1.807, 2.05) is 24.3 Å². The summed E-state index contributed by atoms with van der Waals surface area (Å²) >= 11 is 6.40. The number of methoxy groups -OCH3 is 2. The number of hydrogen-bond acceptors (Lipinski definition) is 5. The molecule has 1 aliphatic rings. The molecule has 7 heteroatoms. The first-order valence-electron chi connectivity index (χ1n) is 7.42. The summed E-state index contributed by atoms with van der Waals surface area (Å²) in [7, 11) is 3.04. The Labute approximate surface area is 145 Å². The number of benzene rings is 1. The van der Waals surface area contributed by atoms with Crippen molar-refractivity contribution in [3.8, 4) is 6.07 Å². The van der Waals surface area contributed by atoms with Gasteiger partial charge in [0, 0.05) is 30.7 Å². The molecule has 2 heterocycles. The van der Waals surface area contributed by atoms with Crippen LogP contribution in [0.3, 0.4) is 0 Å². The molecule has 0 saturated heterocycles. The molecule has 2 aromatic rings. The Bertz CT molecular complexity index is 820. The van der Waals surface area contributed by atoms with E-state index < -0.39 is 11.7 Å². The van der Waals surface area contributed by atoms with Gasteiger partial charge in [0.15, 0.2) is 5.82 Å². The summed E-state index contributed by atoms with van der Waals surface area (Å²) in [6.07, 6.45) is 1.69. The summed E-state index contributed by atoms with van der Waals surface area (Å²) in [5, 5.41) is 17.4. The topological polar surface area (TPSA) is 83.3 Å². The number of aliphatic imine (C=N–C) groups is 1. The molecule has 0 spiro atoms. The van der Waals surface area contributed by atoms with Crippen LogP contribution >= 0.6 is 11.6 Å². The Morgan fingerprint density at radius 3 is 2.58 bits per heavy atom. The second-order valence-electron chi connectivity index (χ2n) is 5.63. The Kier molecular flexibility index (Phi) is 4.41. The summed E-state index contributed by atoms with van der Waals surface area (Å²) in [6, 6.07) is 9.81. The Morgan fingerprint density at radius 2 is 1.96 bits per heavy atom. The van der Waals surface area contributed by atoms with Crippen molar-refractivity contribution in [1.82, 2.24) is 10.2 Å². The number of fused-ring (bicyclic) bond motifs is 1. The highest BCUT2D eigenvalue weighted by molar-refractivity contribution is 6.31. The number of aromatic nitrogens is 2. The Balaban J connectivity index is 2.23. The standard InChI is InChI=1S/C17H17ClN4O2/c1-17(23-2,24-3)15-11(8-19)14(10-6-4-5-7-13(10)18)12-9-20-22-16(12)21-15/h4-7,9,11,14H,1-3H3,(H,20,22). The fourth-order valence-corrected chi connectivity index (χ4v) is 3.27. The molecule has 2 unspecified atom stereocenters. The minimum atomic E-state index is -1.12. The van der Waals surface area contributed by atoms with Crippen LogP contribution in [0, 0.1) is 17.2 Å². The molecule has 1 aromatic heterocycles. The maximum absolute atomic E-state index is 9.89. The van der Waals surface area contributed by atoms with Gasteiger partial charge in [-0.15, -0.1) is 0 Å². The molecule has 0 radical (unpaired) electrons. The zero-order valence-corrected chi connectivity index (χ0v) is 14.3. The average Bonchev–Trinajstić information content (AvgIpc) is 3.08. The van der Waals surface area contributed by atoms with Gasteiger partial charge in [-0.05, 0) is 18.6 Å². The lowest BCUT2D eigenvalue weighted by molar-refractivity contribution is -0.141. The molecule has 24 heavy (non-hydrogen) atoms. The van der Waals surface area contributed by atoms with Gasteiger partial charge in [0.05, 0.1) is 18.0 Å². The lowest BCUT2D eigenvalue weighted by Gasteiger charge is -2.36. The molecule has 124 valence electrons. The molecule has 3 rings (SSSR count). The van der Waals surface area contributed by atoms with E-state index in [0.29, 0.717) is 16.6 Å². The second kappa shape index (κ2) is 6.36. The highest BCUT2D eigenvalue weighted by Gasteiger charge is 2.45. The SMILES string of the molecule is COC(C)(OC)C1=Nc2[nH]ncc2C(c2ccccc2Cl)C1C#N. The third-order valence-electron chi connectivity index (χ3n) is 4.47. The van der Waals surface area contributed by atoms with Gasteiger partial charge < -0.3 is 9.47 Å². The van der Waals surface area contributed by atoms with E-state index in [0.717, 1.165) is 11.1 Å². The fraction of sp³-hybridized carbons (Fsp3) is 0.353. The zero-order chi connectivity index (χ0) is 17.3. The van der Waals surface area contributed by atoms with Gasteiger partial charge in [0.1, 0.15) is 5.92 Å². The van der Waals surface area contributed by atoms with Crippen molar-refractivity contribution >= 4 is 23.1 Å². The van der Waals surface area contributed by atoms with Crippen LogP contribution in [0.1, 0.15) is 24.0 Å². The van der Waals surface area contributed by atoms with Crippen LogP contribution in [0.5, 0.6) is 0 Å². The van der Waals surface area contributed by atoms with Crippen LogP contribution in [-0.4, -0.2) is 35.9 Å². The largest absolute Gasteiger partial charge is 0.348 e. The number of nitrogens with zero attached hydrogens (tertiary/aromatic N) is 3. The first kappa shape index (κ1) is 16.7. The van der Waals surface area contributed by atoms with Crippen molar-refractivity contribution in [3.05, 3.63) is 46.6 Å². The molecule has 1 aliphatic heterocycles. The van der Waals surface area contributed by atoms with Crippen molar-refractivity contribution in [1.29, 1.82) is 5.26 Å².